The summed E-state index contributed by atoms with van der Waals surface area (Å²) in [6.07, 6.45) is 8.00. The third kappa shape index (κ3) is 2.68. The molecule has 0 aromatic rings. The molecule has 0 radical (unpaired) electrons. The van der Waals surface area contributed by atoms with Gasteiger partial charge in [0.15, 0.2) is 0 Å². The van der Waals surface area contributed by atoms with E-state index in [4.69, 9.17) is 5.11 Å². The summed E-state index contributed by atoms with van der Waals surface area (Å²) < 4.78 is 0. The number of aliphatic carboxylic acids is 1. The van der Waals surface area contributed by atoms with Crippen LogP contribution in [0.2, 0.25) is 0 Å². The zero-order valence-corrected chi connectivity index (χ0v) is 7.55. The van der Waals surface area contributed by atoms with Crippen molar-refractivity contribution < 1.29 is 9.90 Å². The second-order valence-electron chi connectivity index (χ2n) is 3.57. The van der Waals surface area contributed by atoms with E-state index in [9.17, 15) is 4.79 Å². The fourth-order valence-electron chi connectivity index (χ4n) is 1.40. The van der Waals surface area contributed by atoms with Crippen molar-refractivity contribution >= 4 is 5.97 Å². The van der Waals surface area contributed by atoms with Gasteiger partial charge in [0.1, 0.15) is 0 Å². The van der Waals surface area contributed by atoms with E-state index in [0.29, 0.717) is 5.57 Å². The first-order valence-electron chi connectivity index (χ1n) is 4.60. The molecule has 1 aliphatic carbocycles. The van der Waals surface area contributed by atoms with Crippen LogP contribution in [0, 0.1) is 5.92 Å². The van der Waals surface area contributed by atoms with Crippen LogP contribution in [0.25, 0.3) is 0 Å². The molecule has 1 fully saturated rings. The Labute approximate surface area is 73.3 Å². The molecule has 0 bridgehead atoms. The lowest BCUT2D eigenvalue weighted by molar-refractivity contribution is -0.132. The van der Waals surface area contributed by atoms with Crippen LogP contribution < -0.4 is 0 Å². The van der Waals surface area contributed by atoms with Gasteiger partial charge >= 0.3 is 5.97 Å². The third-order valence-electron chi connectivity index (χ3n) is 2.59. The number of rotatable bonds is 4. The first-order chi connectivity index (χ1) is 5.70. The second-order valence-corrected chi connectivity index (χ2v) is 3.57. The van der Waals surface area contributed by atoms with Crippen LogP contribution in [0.4, 0.5) is 0 Å². The van der Waals surface area contributed by atoms with Crippen LogP contribution in [0.1, 0.15) is 39.0 Å². The maximum Gasteiger partial charge on any atom is 0.330 e. The normalized spacial score (nSPS) is 18.9. The Morgan fingerprint density at radius 3 is 2.67 bits per heavy atom. The third-order valence-corrected chi connectivity index (χ3v) is 2.59. The van der Waals surface area contributed by atoms with Crippen molar-refractivity contribution in [3.8, 4) is 0 Å². The van der Waals surface area contributed by atoms with E-state index < -0.39 is 5.97 Å². The van der Waals surface area contributed by atoms with Gasteiger partial charge in [-0.25, -0.2) is 4.79 Å². The van der Waals surface area contributed by atoms with E-state index in [-0.39, 0.29) is 0 Å². The van der Waals surface area contributed by atoms with E-state index in [2.05, 4.69) is 0 Å². The Balaban J connectivity index is 2.14. The minimum Gasteiger partial charge on any atom is -0.478 e. The number of hydrogen-bond donors (Lipinski definition) is 1. The van der Waals surface area contributed by atoms with Gasteiger partial charge in [0.2, 0.25) is 0 Å². The molecule has 0 atom stereocenters. The van der Waals surface area contributed by atoms with Crippen molar-refractivity contribution in [2.45, 2.75) is 39.0 Å². The molecular weight excluding hydrogens is 152 g/mol. The van der Waals surface area contributed by atoms with Crippen molar-refractivity contribution in [3.63, 3.8) is 0 Å². The molecule has 0 spiro atoms. The lowest BCUT2D eigenvalue weighted by Gasteiger charge is -2.24. The Morgan fingerprint density at radius 1 is 1.58 bits per heavy atom. The van der Waals surface area contributed by atoms with Crippen molar-refractivity contribution in [3.05, 3.63) is 11.6 Å². The average molecular weight is 168 g/mol. The van der Waals surface area contributed by atoms with Crippen molar-refractivity contribution in [1.29, 1.82) is 0 Å². The van der Waals surface area contributed by atoms with E-state index in [0.717, 1.165) is 12.3 Å². The summed E-state index contributed by atoms with van der Waals surface area (Å²) in [6.45, 7) is 1.66. The molecule has 0 amide bonds. The molecule has 1 N–H and O–H groups in total. The smallest absolute Gasteiger partial charge is 0.330 e. The first-order valence-corrected chi connectivity index (χ1v) is 4.60. The van der Waals surface area contributed by atoms with E-state index >= 15 is 0 Å². The number of carbonyl (C=O) groups is 1. The molecule has 0 aliphatic heterocycles. The fourth-order valence-corrected chi connectivity index (χ4v) is 1.40. The Bertz CT molecular complexity index is 190. The Kier molecular flexibility index (Phi) is 3.32. The molecule has 1 aliphatic rings. The molecule has 2 nitrogen and oxygen atoms in total. The first kappa shape index (κ1) is 9.30. The molecule has 0 aromatic heterocycles. The van der Waals surface area contributed by atoms with Crippen LogP contribution >= 0.6 is 0 Å². The minimum absolute atomic E-state index is 0.481. The summed E-state index contributed by atoms with van der Waals surface area (Å²) in [6, 6.07) is 0. The molecular formula is C10H16O2. The van der Waals surface area contributed by atoms with E-state index in [1.807, 2.05) is 6.08 Å². The highest BCUT2D eigenvalue weighted by atomic mass is 16.4. The molecule has 1 saturated carbocycles. The van der Waals surface area contributed by atoms with Gasteiger partial charge in [-0.15, -0.1) is 0 Å². The van der Waals surface area contributed by atoms with Crippen LogP contribution in [-0.4, -0.2) is 11.1 Å². The quantitative estimate of drug-likeness (QED) is 0.655. The minimum atomic E-state index is -0.788. The number of hydrogen-bond acceptors (Lipinski definition) is 1. The van der Waals surface area contributed by atoms with Crippen molar-refractivity contribution in [2.75, 3.05) is 0 Å². The lowest BCUT2D eigenvalue weighted by atomic mass is 9.82. The summed E-state index contributed by atoms with van der Waals surface area (Å²) in [5, 5.41) is 8.55. The van der Waals surface area contributed by atoms with Gasteiger partial charge in [-0.05, 0) is 25.7 Å². The van der Waals surface area contributed by atoms with Crippen LogP contribution in [-0.2, 0) is 4.79 Å². The number of carboxylic acids is 1. The molecule has 0 saturated heterocycles. The zero-order chi connectivity index (χ0) is 8.97. The topological polar surface area (TPSA) is 37.3 Å². The van der Waals surface area contributed by atoms with Gasteiger partial charge in [0, 0.05) is 5.57 Å². The summed E-state index contributed by atoms with van der Waals surface area (Å²) in [5.41, 5.74) is 0.481. The van der Waals surface area contributed by atoms with E-state index in [1.165, 1.54) is 25.7 Å². The second kappa shape index (κ2) is 4.29. The monoisotopic (exact) mass is 168 g/mol. The van der Waals surface area contributed by atoms with Gasteiger partial charge in [-0.2, -0.15) is 0 Å². The SMILES string of the molecule is C/C(=C/CCC1CCC1)C(=O)O. The van der Waals surface area contributed by atoms with Gasteiger partial charge in [-0.1, -0.05) is 25.3 Å². The van der Waals surface area contributed by atoms with Crippen LogP contribution in [0.15, 0.2) is 11.6 Å². The van der Waals surface area contributed by atoms with Crippen molar-refractivity contribution in [2.24, 2.45) is 5.92 Å². The zero-order valence-electron chi connectivity index (χ0n) is 7.55. The largest absolute Gasteiger partial charge is 0.478 e. The number of allylic oxidation sites excluding steroid dienone is 1. The maximum atomic E-state index is 10.4. The van der Waals surface area contributed by atoms with Gasteiger partial charge < -0.3 is 5.11 Å². The molecule has 0 unspecified atom stereocenters. The summed E-state index contributed by atoms with van der Waals surface area (Å²) in [7, 11) is 0. The highest BCUT2D eigenvalue weighted by Gasteiger charge is 2.15. The maximum absolute atomic E-state index is 10.4. The van der Waals surface area contributed by atoms with Gasteiger partial charge in [0.05, 0.1) is 0 Å². The Morgan fingerprint density at radius 2 is 2.25 bits per heavy atom. The van der Waals surface area contributed by atoms with Gasteiger partial charge in [-0.3, -0.25) is 0 Å². The molecule has 0 heterocycles. The summed E-state index contributed by atoms with van der Waals surface area (Å²) in [4.78, 5) is 10.4. The van der Waals surface area contributed by atoms with Crippen LogP contribution in [0.3, 0.4) is 0 Å². The molecule has 12 heavy (non-hydrogen) atoms. The number of carboxylic acid groups (broad SMARTS) is 1. The highest BCUT2D eigenvalue weighted by Crippen LogP contribution is 2.30. The van der Waals surface area contributed by atoms with E-state index in [1.54, 1.807) is 6.92 Å². The lowest BCUT2D eigenvalue weighted by Crippen LogP contribution is -2.10. The predicted molar refractivity (Wildman–Crippen MR) is 48.0 cm³/mol. The summed E-state index contributed by atoms with van der Waals surface area (Å²) in [5.74, 6) is 0.0893. The highest BCUT2D eigenvalue weighted by molar-refractivity contribution is 5.85. The van der Waals surface area contributed by atoms with Crippen LogP contribution in [0.5, 0.6) is 0 Å². The fraction of sp³-hybridized carbons (Fsp3) is 0.700. The Hall–Kier alpha value is -0.790. The average Bonchev–Trinajstić information content (AvgIpc) is 1.93. The van der Waals surface area contributed by atoms with Crippen molar-refractivity contribution in [1.82, 2.24) is 0 Å². The molecule has 2 heteroatoms. The molecule has 1 rings (SSSR count). The molecule has 0 aromatic carbocycles. The standard InChI is InChI=1S/C10H16O2/c1-8(10(11)12)4-2-5-9-6-3-7-9/h4,9H,2-3,5-7H2,1H3,(H,11,12)/b8-4-. The molecule has 68 valence electrons. The summed E-state index contributed by atoms with van der Waals surface area (Å²) >= 11 is 0. The predicted octanol–water partition coefficient (Wildman–Crippen LogP) is 2.60. The van der Waals surface area contributed by atoms with Gasteiger partial charge in [0.25, 0.3) is 0 Å².